The van der Waals surface area contributed by atoms with Gasteiger partial charge in [0.05, 0.1) is 5.52 Å². The van der Waals surface area contributed by atoms with E-state index < -0.39 is 34.6 Å². The molecule has 0 radical (unpaired) electrons. The van der Waals surface area contributed by atoms with E-state index in [1.54, 1.807) is 6.07 Å². The number of carboxylic acid groups (broad SMARTS) is 1. The molecule has 3 N–H and O–H groups in total. The van der Waals surface area contributed by atoms with Crippen molar-refractivity contribution in [1.29, 1.82) is 0 Å². The molecule has 0 atom stereocenters. The minimum atomic E-state index is -1.55. The second-order valence-electron chi connectivity index (χ2n) is 6.16. The van der Waals surface area contributed by atoms with E-state index in [1.807, 2.05) is 0 Å². The van der Waals surface area contributed by atoms with Crippen LogP contribution in [0.4, 0.5) is 4.39 Å². The Morgan fingerprint density at radius 3 is 2.64 bits per heavy atom. The van der Waals surface area contributed by atoms with Crippen molar-refractivity contribution in [3.05, 3.63) is 68.9 Å². The number of nitrogens with one attached hydrogen (secondary N) is 1. The van der Waals surface area contributed by atoms with Gasteiger partial charge in [0, 0.05) is 25.9 Å². The summed E-state index contributed by atoms with van der Waals surface area (Å²) in [5, 5.41) is 21.7. The zero-order chi connectivity index (χ0) is 20.6. The SMILES string of the molecule is CNC(=O)c1cc(F)ccc1Cc1cnc2c(O)c(C(=O)O)c(=O)n(C)c2c1. The van der Waals surface area contributed by atoms with Crippen molar-refractivity contribution in [1.82, 2.24) is 14.9 Å². The largest absolute Gasteiger partial charge is 0.505 e. The number of aromatic carboxylic acids is 1. The van der Waals surface area contributed by atoms with Crippen molar-refractivity contribution in [3.8, 4) is 5.75 Å². The highest BCUT2D eigenvalue weighted by Crippen LogP contribution is 2.26. The summed E-state index contributed by atoms with van der Waals surface area (Å²) in [7, 11) is 2.81. The average Bonchev–Trinajstić information content (AvgIpc) is 2.66. The molecule has 8 nitrogen and oxygen atoms in total. The number of carbonyl (C=O) groups is 2. The lowest BCUT2D eigenvalue weighted by molar-refractivity contribution is 0.0691. The van der Waals surface area contributed by atoms with Gasteiger partial charge < -0.3 is 20.1 Å². The molecule has 1 aromatic carbocycles. The molecule has 0 bridgehead atoms. The van der Waals surface area contributed by atoms with E-state index in [1.165, 1.54) is 32.4 Å². The van der Waals surface area contributed by atoms with Crippen LogP contribution in [0.15, 0.2) is 35.3 Å². The molecule has 0 fully saturated rings. The number of carbonyl (C=O) groups excluding carboxylic acids is 1. The van der Waals surface area contributed by atoms with Crippen molar-refractivity contribution in [2.75, 3.05) is 7.05 Å². The van der Waals surface area contributed by atoms with Gasteiger partial charge >= 0.3 is 5.97 Å². The average molecular weight is 385 g/mol. The molecule has 2 aromatic heterocycles. The van der Waals surface area contributed by atoms with Crippen LogP contribution in [0.3, 0.4) is 0 Å². The number of hydrogen-bond donors (Lipinski definition) is 3. The minimum absolute atomic E-state index is 0.0334. The third kappa shape index (κ3) is 3.18. The molecule has 1 amide bonds. The van der Waals surface area contributed by atoms with E-state index in [4.69, 9.17) is 5.11 Å². The smallest absolute Gasteiger partial charge is 0.345 e. The van der Waals surface area contributed by atoms with Crippen LogP contribution < -0.4 is 10.9 Å². The van der Waals surface area contributed by atoms with Gasteiger partial charge in [0.15, 0.2) is 11.3 Å². The standard InChI is InChI=1S/C19H16FN3O5/c1-21-17(25)12-7-11(20)4-3-10(12)5-9-6-13-15(22-8-9)16(24)14(19(27)28)18(26)23(13)2/h3-4,6-8,24H,5H2,1-2H3,(H,21,25)(H,27,28). The second-order valence-corrected chi connectivity index (χ2v) is 6.16. The van der Waals surface area contributed by atoms with E-state index >= 15 is 0 Å². The number of amides is 1. The normalized spacial score (nSPS) is 10.8. The van der Waals surface area contributed by atoms with Gasteiger partial charge in [-0.1, -0.05) is 6.07 Å². The molecule has 0 unspecified atom stereocenters. The van der Waals surface area contributed by atoms with Gasteiger partial charge in [-0.25, -0.2) is 9.18 Å². The molecular formula is C19H16FN3O5. The number of hydrogen-bond acceptors (Lipinski definition) is 5. The van der Waals surface area contributed by atoms with Gasteiger partial charge in [0.1, 0.15) is 11.3 Å². The van der Waals surface area contributed by atoms with Gasteiger partial charge in [0.25, 0.3) is 11.5 Å². The Bertz CT molecular complexity index is 1190. The number of nitrogens with zero attached hydrogens (tertiary/aromatic N) is 2. The highest BCUT2D eigenvalue weighted by atomic mass is 19.1. The lowest BCUT2D eigenvalue weighted by Crippen LogP contribution is -2.25. The third-order valence-corrected chi connectivity index (χ3v) is 4.42. The molecule has 0 saturated heterocycles. The van der Waals surface area contributed by atoms with Crippen molar-refractivity contribution in [2.45, 2.75) is 6.42 Å². The third-order valence-electron chi connectivity index (χ3n) is 4.42. The molecular weight excluding hydrogens is 369 g/mol. The topological polar surface area (TPSA) is 122 Å². The summed E-state index contributed by atoms with van der Waals surface area (Å²) in [4.78, 5) is 39.6. The number of fused-ring (bicyclic) bond motifs is 1. The van der Waals surface area contributed by atoms with Crippen molar-refractivity contribution in [2.24, 2.45) is 7.05 Å². The number of aryl methyl sites for hydroxylation is 1. The first kappa shape index (κ1) is 19.0. The van der Waals surface area contributed by atoms with Crippen molar-refractivity contribution in [3.63, 3.8) is 0 Å². The highest BCUT2D eigenvalue weighted by molar-refractivity contribution is 5.97. The summed E-state index contributed by atoms with van der Waals surface area (Å²) in [6, 6.07) is 5.40. The first-order valence-electron chi connectivity index (χ1n) is 8.19. The molecule has 9 heteroatoms. The molecule has 0 aliphatic carbocycles. The lowest BCUT2D eigenvalue weighted by Gasteiger charge is -2.12. The Kier molecular flexibility index (Phi) is 4.83. The predicted molar refractivity (Wildman–Crippen MR) is 98.2 cm³/mol. The van der Waals surface area contributed by atoms with E-state index in [-0.39, 0.29) is 23.0 Å². The van der Waals surface area contributed by atoms with Gasteiger partial charge in [-0.3, -0.25) is 14.6 Å². The van der Waals surface area contributed by atoms with E-state index in [2.05, 4.69) is 10.3 Å². The molecule has 0 aliphatic rings. The summed E-state index contributed by atoms with van der Waals surface area (Å²) in [5.41, 5.74) is -0.136. The number of benzene rings is 1. The van der Waals surface area contributed by atoms with E-state index in [0.29, 0.717) is 11.1 Å². The van der Waals surface area contributed by atoms with E-state index in [9.17, 15) is 23.9 Å². The van der Waals surface area contributed by atoms with Crippen LogP contribution in [-0.4, -0.2) is 38.7 Å². The highest BCUT2D eigenvalue weighted by Gasteiger charge is 2.21. The monoisotopic (exact) mass is 385 g/mol. The van der Waals surface area contributed by atoms with Crippen LogP contribution in [0.25, 0.3) is 11.0 Å². The maximum Gasteiger partial charge on any atom is 0.345 e. The second kappa shape index (κ2) is 7.10. The van der Waals surface area contributed by atoms with Crippen LogP contribution in [0, 0.1) is 5.82 Å². The summed E-state index contributed by atoms with van der Waals surface area (Å²) >= 11 is 0. The maximum absolute atomic E-state index is 13.5. The van der Waals surface area contributed by atoms with Crippen LogP contribution in [-0.2, 0) is 13.5 Å². The Morgan fingerprint density at radius 1 is 1.29 bits per heavy atom. The van der Waals surface area contributed by atoms with Gasteiger partial charge in [-0.2, -0.15) is 0 Å². The number of carboxylic acids is 1. The molecule has 0 saturated carbocycles. The number of pyridine rings is 2. The Balaban J connectivity index is 2.14. The molecule has 3 rings (SSSR count). The molecule has 2 heterocycles. The summed E-state index contributed by atoms with van der Waals surface area (Å²) in [6.07, 6.45) is 1.61. The zero-order valence-electron chi connectivity index (χ0n) is 15.0. The number of halogens is 1. The van der Waals surface area contributed by atoms with E-state index in [0.717, 1.165) is 10.6 Å². The predicted octanol–water partition coefficient (Wildman–Crippen LogP) is 1.43. The lowest BCUT2D eigenvalue weighted by atomic mass is 9.99. The van der Waals surface area contributed by atoms with Crippen LogP contribution in [0.1, 0.15) is 31.8 Å². The molecule has 0 aliphatic heterocycles. The van der Waals surface area contributed by atoms with Gasteiger partial charge in [-0.15, -0.1) is 0 Å². The summed E-state index contributed by atoms with van der Waals surface area (Å²) < 4.78 is 14.6. The Hall–Kier alpha value is -3.75. The Labute approximate surface area is 157 Å². The number of aromatic nitrogens is 2. The van der Waals surface area contributed by atoms with Crippen LogP contribution in [0.2, 0.25) is 0 Å². The fourth-order valence-corrected chi connectivity index (χ4v) is 2.99. The molecule has 28 heavy (non-hydrogen) atoms. The fraction of sp³-hybridized carbons (Fsp3) is 0.158. The van der Waals surface area contributed by atoms with Gasteiger partial charge in [0.2, 0.25) is 0 Å². The number of aromatic hydroxyl groups is 1. The number of rotatable bonds is 4. The Morgan fingerprint density at radius 2 is 2.00 bits per heavy atom. The molecule has 0 spiro atoms. The van der Waals surface area contributed by atoms with Crippen molar-refractivity contribution >= 4 is 22.9 Å². The van der Waals surface area contributed by atoms with Crippen molar-refractivity contribution < 1.29 is 24.2 Å². The minimum Gasteiger partial charge on any atom is -0.505 e. The summed E-state index contributed by atoms with van der Waals surface area (Å²) in [5.74, 6) is -3.25. The fourth-order valence-electron chi connectivity index (χ4n) is 2.99. The van der Waals surface area contributed by atoms with Crippen LogP contribution >= 0.6 is 0 Å². The zero-order valence-corrected chi connectivity index (χ0v) is 15.0. The summed E-state index contributed by atoms with van der Waals surface area (Å²) in [6.45, 7) is 0. The quantitative estimate of drug-likeness (QED) is 0.625. The molecule has 144 valence electrons. The van der Waals surface area contributed by atoms with Gasteiger partial charge in [-0.05, 0) is 35.7 Å². The van der Waals surface area contributed by atoms with Crippen LogP contribution in [0.5, 0.6) is 5.75 Å². The first-order valence-corrected chi connectivity index (χ1v) is 8.19. The maximum atomic E-state index is 13.5. The molecule has 3 aromatic rings. The first-order chi connectivity index (χ1) is 13.2.